The molecule has 10 heteroatoms. The van der Waals surface area contributed by atoms with Crippen LogP contribution >= 0.6 is 11.7 Å². The van der Waals surface area contributed by atoms with Gasteiger partial charge in [0.15, 0.2) is 0 Å². The van der Waals surface area contributed by atoms with E-state index in [2.05, 4.69) is 8.75 Å². The molecule has 0 atom stereocenters. The minimum atomic E-state index is -3.74. The molecule has 0 unspecified atom stereocenters. The zero-order valence-corrected chi connectivity index (χ0v) is 19.8. The molecule has 1 aliphatic rings. The smallest absolute Gasteiger partial charge is 0.254 e. The van der Waals surface area contributed by atoms with Gasteiger partial charge < -0.3 is 9.64 Å². The van der Waals surface area contributed by atoms with Crippen molar-refractivity contribution in [1.82, 2.24) is 18.0 Å². The summed E-state index contributed by atoms with van der Waals surface area (Å²) in [6, 6.07) is 21.8. The first-order valence-corrected chi connectivity index (χ1v) is 13.0. The number of piperazine rings is 1. The number of benzene rings is 3. The number of para-hydroxylation sites is 1. The van der Waals surface area contributed by atoms with Crippen molar-refractivity contribution in [1.29, 1.82) is 0 Å². The third-order valence-electron chi connectivity index (χ3n) is 5.78. The number of fused-ring (bicyclic) bond motifs is 1. The van der Waals surface area contributed by atoms with Gasteiger partial charge >= 0.3 is 0 Å². The average Bonchev–Trinajstić information content (AvgIpc) is 3.37. The molecule has 3 aromatic carbocycles. The number of ether oxygens (including phenoxy) is 1. The lowest BCUT2D eigenvalue weighted by molar-refractivity contribution is 0.0695. The number of sulfonamides is 1. The molecule has 0 bridgehead atoms. The van der Waals surface area contributed by atoms with Crippen LogP contribution in [0.1, 0.15) is 15.9 Å². The lowest BCUT2D eigenvalue weighted by atomic mass is 10.1. The largest absolute Gasteiger partial charge is 0.489 e. The molecular formula is C24H22N4O4S2. The number of carbonyl (C=O) groups excluding carboxylic acids is 1. The van der Waals surface area contributed by atoms with Gasteiger partial charge in [0.25, 0.3) is 5.91 Å². The second-order valence-electron chi connectivity index (χ2n) is 7.84. The molecule has 1 saturated heterocycles. The average molecular weight is 495 g/mol. The van der Waals surface area contributed by atoms with Crippen LogP contribution in [0.15, 0.2) is 77.7 Å². The van der Waals surface area contributed by atoms with E-state index in [4.69, 9.17) is 4.74 Å². The maximum absolute atomic E-state index is 13.3. The van der Waals surface area contributed by atoms with E-state index in [1.54, 1.807) is 29.2 Å². The van der Waals surface area contributed by atoms with E-state index in [0.29, 0.717) is 29.7 Å². The Bertz CT molecular complexity index is 1420. The van der Waals surface area contributed by atoms with E-state index in [0.717, 1.165) is 23.0 Å². The van der Waals surface area contributed by atoms with E-state index < -0.39 is 10.0 Å². The molecule has 1 amide bonds. The second-order valence-corrected chi connectivity index (χ2v) is 10.3. The molecule has 5 rings (SSSR count). The quantitative estimate of drug-likeness (QED) is 0.408. The highest BCUT2D eigenvalue weighted by Gasteiger charge is 2.32. The van der Waals surface area contributed by atoms with Crippen LogP contribution in [0, 0.1) is 0 Å². The van der Waals surface area contributed by atoms with Crippen molar-refractivity contribution >= 4 is 38.7 Å². The van der Waals surface area contributed by atoms with Crippen LogP contribution in [0.2, 0.25) is 0 Å². The van der Waals surface area contributed by atoms with E-state index in [1.807, 2.05) is 48.5 Å². The molecule has 0 radical (unpaired) electrons. The Hall–Kier alpha value is -3.34. The molecule has 8 nitrogen and oxygen atoms in total. The maximum atomic E-state index is 13.3. The topological polar surface area (TPSA) is 92.7 Å². The first kappa shape index (κ1) is 22.5. The molecular weight excluding hydrogens is 472 g/mol. The number of carbonyl (C=O) groups is 1. The molecule has 1 fully saturated rings. The van der Waals surface area contributed by atoms with Crippen LogP contribution in [-0.4, -0.2) is 58.5 Å². The zero-order chi connectivity index (χ0) is 23.5. The Kier molecular flexibility index (Phi) is 6.27. The third-order valence-corrected chi connectivity index (χ3v) is 8.25. The van der Waals surface area contributed by atoms with Crippen LogP contribution in [0.5, 0.6) is 5.75 Å². The molecule has 1 aliphatic heterocycles. The van der Waals surface area contributed by atoms with Crippen molar-refractivity contribution in [3.05, 3.63) is 83.9 Å². The highest BCUT2D eigenvalue weighted by atomic mass is 32.2. The number of hydrogen-bond donors (Lipinski definition) is 0. The van der Waals surface area contributed by atoms with Crippen molar-refractivity contribution in [3.8, 4) is 5.75 Å². The minimum absolute atomic E-state index is 0.130. The molecule has 174 valence electrons. The fraction of sp³-hybridized carbons (Fsp3) is 0.208. The summed E-state index contributed by atoms with van der Waals surface area (Å²) >= 11 is 0.989. The van der Waals surface area contributed by atoms with Gasteiger partial charge in [0.1, 0.15) is 28.3 Å². The SMILES string of the molecule is O=C(c1ccccc1COc1ccccc1)N1CCN(S(=O)(=O)c2cccc3nsnc23)CC1. The van der Waals surface area contributed by atoms with Crippen LogP contribution in [-0.2, 0) is 16.6 Å². The summed E-state index contributed by atoms with van der Waals surface area (Å²) in [5, 5.41) is 0. The maximum Gasteiger partial charge on any atom is 0.254 e. The number of hydrogen-bond acceptors (Lipinski definition) is 7. The summed E-state index contributed by atoms with van der Waals surface area (Å²) in [7, 11) is -3.74. The van der Waals surface area contributed by atoms with Crippen LogP contribution < -0.4 is 4.74 Å². The molecule has 34 heavy (non-hydrogen) atoms. The van der Waals surface area contributed by atoms with Gasteiger partial charge in [-0.05, 0) is 30.3 Å². The normalized spacial score (nSPS) is 14.9. The van der Waals surface area contributed by atoms with Crippen molar-refractivity contribution in [2.45, 2.75) is 11.5 Å². The van der Waals surface area contributed by atoms with Crippen LogP contribution in [0.4, 0.5) is 0 Å². The summed E-state index contributed by atoms with van der Waals surface area (Å²) < 4.78 is 42.1. The van der Waals surface area contributed by atoms with Gasteiger partial charge in [0, 0.05) is 37.3 Å². The van der Waals surface area contributed by atoms with Gasteiger partial charge in [0.05, 0.1) is 11.7 Å². The number of nitrogens with zero attached hydrogens (tertiary/aromatic N) is 4. The highest BCUT2D eigenvalue weighted by molar-refractivity contribution is 7.89. The molecule has 0 N–H and O–H groups in total. The fourth-order valence-electron chi connectivity index (χ4n) is 3.96. The standard InChI is InChI=1S/C24H22N4O4S2/c29-24(20-10-5-4-7-18(20)17-32-19-8-2-1-3-9-19)27-13-15-28(16-14-27)34(30,31)22-12-6-11-21-23(22)26-33-25-21/h1-12H,13-17H2. The monoisotopic (exact) mass is 494 g/mol. The van der Waals surface area contributed by atoms with E-state index in [9.17, 15) is 13.2 Å². The lowest BCUT2D eigenvalue weighted by Crippen LogP contribution is -2.50. The van der Waals surface area contributed by atoms with Crippen molar-refractivity contribution in [2.24, 2.45) is 0 Å². The summed E-state index contributed by atoms with van der Waals surface area (Å²) in [5.41, 5.74) is 2.30. The zero-order valence-electron chi connectivity index (χ0n) is 18.2. The first-order valence-electron chi connectivity index (χ1n) is 10.8. The van der Waals surface area contributed by atoms with E-state index in [1.165, 1.54) is 4.31 Å². The van der Waals surface area contributed by atoms with Crippen molar-refractivity contribution in [2.75, 3.05) is 26.2 Å². The van der Waals surface area contributed by atoms with E-state index in [-0.39, 0.29) is 30.5 Å². The van der Waals surface area contributed by atoms with Gasteiger partial charge in [-0.3, -0.25) is 4.79 Å². The van der Waals surface area contributed by atoms with Crippen LogP contribution in [0.3, 0.4) is 0 Å². The Morgan fingerprint density at radius 2 is 1.62 bits per heavy atom. The second kappa shape index (κ2) is 9.49. The predicted molar refractivity (Wildman–Crippen MR) is 129 cm³/mol. The van der Waals surface area contributed by atoms with Crippen molar-refractivity contribution in [3.63, 3.8) is 0 Å². The van der Waals surface area contributed by atoms with Gasteiger partial charge in [0.2, 0.25) is 10.0 Å². The Morgan fingerprint density at radius 1 is 0.882 bits per heavy atom. The van der Waals surface area contributed by atoms with Gasteiger partial charge in [-0.15, -0.1) is 0 Å². The highest BCUT2D eigenvalue weighted by Crippen LogP contribution is 2.26. The van der Waals surface area contributed by atoms with E-state index >= 15 is 0 Å². The molecule has 0 spiro atoms. The first-order chi connectivity index (χ1) is 16.5. The molecule has 1 aromatic heterocycles. The van der Waals surface area contributed by atoms with Gasteiger partial charge in [-0.1, -0.05) is 42.5 Å². The predicted octanol–water partition coefficient (Wildman–Crippen LogP) is 3.42. The molecule has 0 aliphatic carbocycles. The van der Waals surface area contributed by atoms with Gasteiger partial charge in [-0.25, -0.2) is 8.42 Å². The lowest BCUT2D eigenvalue weighted by Gasteiger charge is -2.34. The fourth-order valence-corrected chi connectivity index (χ4v) is 6.14. The number of aromatic nitrogens is 2. The summed E-state index contributed by atoms with van der Waals surface area (Å²) in [4.78, 5) is 15.1. The number of rotatable bonds is 6. The Balaban J connectivity index is 1.28. The molecule has 4 aromatic rings. The van der Waals surface area contributed by atoms with Crippen molar-refractivity contribution < 1.29 is 17.9 Å². The Morgan fingerprint density at radius 3 is 2.41 bits per heavy atom. The summed E-state index contributed by atoms with van der Waals surface area (Å²) in [6.07, 6.45) is 0. The molecule has 2 heterocycles. The summed E-state index contributed by atoms with van der Waals surface area (Å²) in [6.45, 7) is 1.30. The summed E-state index contributed by atoms with van der Waals surface area (Å²) in [5.74, 6) is 0.601. The van der Waals surface area contributed by atoms with Gasteiger partial charge in [-0.2, -0.15) is 13.1 Å². The Labute approximate surface area is 201 Å². The van der Waals surface area contributed by atoms with Crippen LogP contribution in [0.25, 0.3) is 11.0 Å². The molecule has 0 saturated carbocycles. The third kappa shape index (κ3) is 4.39. The minimum Gasteiger partial charge on any atom is -0.489 e. The number of amides is 1.